The van der Waals surface area contributed by atoms with Crippen LogP contribution in [-0.2, 0) is 9.31 Å². The van der Waals surface area contributed by atoms with Gasteiger partial charge in [0, 0.05) is 11.2 Å². The molecule has 1 aliphatic rings. The molecule has 0 aromatic heterocycles. The molecular weight excluding hydrogens is 237 g/mol. The molecule has 1 fully saturated rings. The fraction of sp³-hybridized carbons (Fsp3) is 0.667. The van der Waals surface area contributed by atoms with Crippen LogP contribution in [0.3, 0.4) is 0 Å². The molecule has 1 heterocycles. The second-order valence-corrected chi connectivity index (χ2v) is 6.24. The van der Waals surface area contributed by atoms with Crippen LogP contribution in [0, 0.1) is 5.92 Å². The van der Waals surface area contributed by atoms with Crippen molar-refractivity contribution < 1.29 is 9.31 Å². The molecule has 19 heavy (non-hydrogen) atoms. The Morgan fingerprint density at radius 2 is 1.63 bits per heavy atom. The molecule has 106 valence electrons. The summed E-state index contributed by atoms with van der Waals surface area (Å²) in [4.78, 5) is 4.16. The molecule has 0 atom stereocenters. The normalized spacial score (nSPS) is 23.1. The Labute approximate surface area is 117 Å². The zero-order valence-electron chi connectivity index (χ0n) is 13.3. The van der Waals surface area contributed by atoms with Crippen LogP contribution in [0.4, 0.5) is 0 Å². The number of allylic oxidation sites excluding steroid dienone is 4. The molecule has 1 aliphatic heterocycles. The van der Waals surface area contributed by atoms with Crippen molar-refractivity contribution in [1.29, 1.82) is 0 Å². The lowest BCUT2D eigenvalue weighted by Crippen LogP contribution is -2.41. The first-order valence-electron chi connectivity index (χ1n) is 6.85. The maximum atomic E-state index is 6.09. The highest BCUT2D eigenvalue weighted by molar-refractivity contribution is 6.55. The Hall–Kier alpha value is -0.865. The van der Waals surface area contributed by atoms with Gasteiger partial charge in [-0.15, -0.1) is 0 Å². The smallest absolute Gasteiger partial charge is 0.399 e. The molecule has 0 aliphatic carbocycles. The Morgan fingerprint density at radius 3 is 1.95 bits per heavy atom. The number of aliphatic imine (C=N–C) groups is 1. The predicted octanol–water partition coefficient (Wildman–Crippen LogP) is 3.80. The Bertz CT molecular complexity index is 392. The van der Waals surface area contributed by atoms with Crippen molar-refractivity contribution >= 4 is 13.8 Å². The third kappa shape index (κ3) is 3.18. The van der Waals surface area contributed by atoms with Crippen molar-refractivity contribution in [3.05, 3.63) is 23.3 Å². The molecule has 1 saturated heterocycles. The van der Waals surface area contributed by atoms with Crippen molar-refractivity contribution in [1.82, 2.24) is 0 Å². The average molecular weight is 263 g/mol. The van der Waals surface area contributed by atoms with Gasteiger partial charge in [-0.05, 0) is 47.3 Å². The lowest BCUT2D eigenvalue weighted by Gasteiger charge is -2.32. The van der Waals surface area contributed by atoms with Crippen LogP contribution in [0.2, 0.25) is 0 Å². The number of hydrogen-bond donors (Lipinski definition) is 0. The van der Waals surface area contributed by atoms with Crippen LogP contribution in [0.5, 0.6) is 0 Å². The second-order valence-electron chi connectivity index (χ2n) is 6.24. The van der Waals surface area contributed by atoms with Gasteiger partial charge in [-0.25, -0.2) is 0 Å². The van der Waals surface area contributed by atoms with Gasteiger partial charge in [0.05, 0.1) is 11.2 Å². The number of rotatable bonds is 4. The van der Waals surface area contributed by atoms with E-state index < -0.39 is 0 Å². The van der Waals surface area contributed by atoms with Crippen molar-refractivity contribution in [3.63, 3.8) is 0 Å². The Morgan fingerprint density at radius 1 is 1.16 bits per heavy atom. The van der Waals surface area contributed by atoms with Gasteiger partial charge in [-0.1, -0.05) is 26.0 Å². The molecule has 0 unspecified atom stereocenters. The van der Waals surface area contributed by atoms with Crippen LogP contribution in [-0.4, -0.2) is 25.0 Å². The van der Waals surface area contributed by atoms with Gasteiger partial charge in [0.15, 0.2) is 0 Å². The zero-order chi connectivity index (χ0) is 14.8. The minimum absolute atomic E-state index is 0.280. The van der Waals surface area contributed by atoms with Crippen LogP contribution >= 0.6 is 0 Å². The first-order chi connectivity index (χ1) is 8.66. The fourth-order valence-electron chi connectivity index (χ4n) is 2.04. The second kappa shape index (κ2) is 5.64. The topological polar surface area (TPSA) is 30.8 Å². The molecule has 3 nitrogen and oxygen atoms in total. The van der Waals surface area contributed by atoms with Crippen molar-refractivity contribution in [2.24, 2.45) is 10.9 Å². The van der Waals surface area contributed by atoms with Gasteiger partial charge in [0.2, 0.25) is 0 Å². The quantitative estimate of drug-likeness (QED) is 0.438. The molecule has 0 amide bonds. The van der Waals surface area contributed by atoms with E-state index in [0.29, 0.717) is 0 Å². The SMILES string of the molecule is C=N/C(=C(\C=C/C)B1OC(C)(C)C(C)(C)O1)C(C)C. The van der Waals surface area contributed by atoms with E-state index in [2.05, 4.69) is 53.3 Å². The van der Waals surface area contributed by atoms with Gasteiger partial charge >= 0.3 is 7.12 Å². The maximum Gasteiger partial charge on any atom is 0.496 e. The molecule has 1 rings (SSSR count). The molecular formula is C15H26BNO2. The van der Waals surface area contributed by atoms with Gasteiger partial charge in [-0.2, -0.15) is 0 Å². The number of hydrogen-bond acceptors (Lipinski definition) is 3. The molecule has 0 N–H and O–H groups in total. The summed E-state index contributed by atoms with van der Waals surface area (Å²) in [5.74, 6) is 0.280. The van der Waals surface area contributed by atoms with Crippen LogP contribution in [0.25, 0.3) is 0 Å². The van der Waals surface area contributed by atoms with Crippen LogP contribution in [0.1, 0.15) is 48.5 Å². The molecule has 0 aromatic rings. The summed E-state index contributed by atoms with van der Waals surface area (Å²) in [5.41, 5.74) is 1.21. The minimum Gasteiger partial charge on any atom is -0.399 e. The van der Waals surface area contributed by atoms with E-state index in [1.165, 1.54) is 0 Å². The summed E-state index contributed by atoms with van der Waals surface area (Å²) in [6.07, 6.45) is 3.99. The van der Waals surface area contributed by atoms with Crippen LogP contribution < -0.4 is 0 Å². The highest BCUT2D eigenvalue weighted by atomic mass is 16.7. The van der Waals surface area contributed by atoms with Gasteiger partial charge in [-0.3, -0.25) is 4.99 Å². The third-order valence-electron chi connectivity index (χ3n) is 3.87. The first-order valence-corrected chi connectivity index (χ1v) is 6.85. The largest absolute Gasteiger partial charge is 0.496 e. The summed E-state index contributed by atoms with van der Waals surface area (Å²) in [6, 6.07) is 0. The summed E-state index contributed by atoms with van der Waals surface area (Å²) in [6.45, 7) is 18.1. The van der Waals surface area contributed by atoms with Gasteiger partial charge in [0.1, 0.15) is 0 Å². The zero-order valence-corrected chi connectivity index (χ0v) is 13.3. The van der Waals surface area contributed by atoms with E-state index in [9.17, 15) is 0 Å². The van der Waals surface area contributed by atoms with E-state index in [-0.39, 0.29) is 24.2 Å². The van der Waals surface area contributed by atoms with E-state index in [0.717, 1.165) is 11.2 Å². The van der Waals surface area contributed by atoms with Crippen molar-refractivity contribution in [3.8, 4) is 0 Å². The van der Waals surface area contributed by atoms with Crippen molar-refractivity contribution in [2.75, 3.05) is 0 Å². The standard InChI is InChI=1S/C15H26BNO2/c1-9-10-12(13(17-8)11(2)3)16-18-14(4,5)15(6,7)19-16/h9-11H,8H2,1-7H3/b10-9-,13-12+. The van der Waals surface area contributed by atoms with E-state index in [1.807, 2.05) is 19.1 Å². The van der Waals surface area contributed by atoms with E-state index in [4.69, 9.17) is 9.31 Å². The van der Waals surface area contributed by atoms with E-state index >= 15 is 0 Å². The minimum atomic E-state index is -0.385. The Balaban J connectivity index is 3.21. The lowest BCUT2D eigenvalue weighted by molar-refractivity contribution is 0.00578. The fourth-order valence-corrected chi connectivity index (χ4v) is 2.04. The Kier molecular flexibility index (Phi) is 4.80. The molecule has 0 spiro atoms. The molecule has 0 saturated carbocycles. The molecule has 4 heteroatoms. The molecule has 0 bridgehead atoms. The first kappa shape index (κ1) is 16.2. The van der Waals surface area contributed by atoms with Crippen molar-refractivity contribution in [2.45, 2.75) is 59.7 Å². The summed E-state index contributed by atoms with van der Waals surface area (Å²) < 4.78 is 12.2. The van der Waals surface area contributed by atoms with Crippen LogP contribution in [0.15, 0.2) is 28.3 Å². The maximum absolute atomic E-state index is 6.09. The lowest BCUT2D eigenvalue weighted by atomic mass is 9.75. The summed E-state index contributed by atoms with van der Waals surface area (Å²) in [5, 5.41) is 0. The summed E-state index contributed by atoms with van der Waals surface area (Å²) in [7, 11) is -0.385. The molecule has 0 radical (unpaired) electrons. The number of nitrogens with zero attached hydrogens (tertiary/aromatic N) is 1. The van der Waals surface area contributed by atoms with Gasteiger partial charge in [0.25, 0.3) is 0 Å². The molecule has 0 aromatic carbocycles. The van der Waals surface area contributed by atoms with E-state index in [1.54, 1.807) is 0 Å². The predicted molar refractivity (Wildman–Crippen MR) is 82.3 cm³/mol. The summed E-state index contributed by atoms with van der Waals surface area (Å²) >= 11 is 0. The third-order valence-corrected chi connectivity index (χ3v) is 3.87. The monoisotopic (exact) mass is 263 g/mol. The van der Waals surface area contributed by atoms with Gasteiger partial charge < -0.3 is 9.31 Å². The average Bonchev–Trinajstić information content (AvgIpc) is 2.47. The highest BCUT2D eigenvalue weighted by Gasteiger charge is 2.52. The highest BCUT2D eigenvalue weighted by Crippen LogP contribution is 2.39.